The maximum absolute atomic E-state index is 11.1. The van der Waals surface area contributed by atoms with Crippen LogP contribution in [0.25, 0.3) is 0 Å². The second-order valence-corrected chi connectivity index (χ2v) is 8.43. The van der Waals surface area contributed by atoms with Crippen molar-refractivity contribution in [1.29, 1.82) is 0 Å². The lowest BCUT2D eigenvalue weighted by molar-refractivity contribution is 0.178. The Kier molecular flexibility index (Phi) is 3.17. The molecule has 0 aliphatic carbocycles. The van der Waals surface area contributed by atoms with E-state index in [2.05, 4.69) is 15.9 Å². The van der Waals surface area contributed by atoms with Gasteiger partial charge in [0.15, 0.2) is 0 Å². The number of primary sulfonamides is 1. The van der Waals surface area contributed by atoms with Crippen LogP contribution in [-0.4, -0.2) is 24.1 Å². The lowest BCUT2D eigenvalue weighted by atomic mass is 10.1. The van der Waals surface area contributed by atoms with Crippen LogP contribution in [-0.2, 0) is 10.0 Å². The molecule has 2 heterocycles. The van der Waals surface area contributed by atoms with Gasteiger partial charge in [0.1, 0.15) is 4.21 Å². The average molecular weight is 330 g/mol. The smallest absolute Gasteiger partial charge is 0.247 e. The normalized spacial score (nSPS) is 26.3. The quantitative estimate of drug-likeness (QED) is 0.761. The summed E-state index contributed by atoms with van der Waals surface area (Å²) in [6, 6.07) is 1.46. The predicted octanol–water partition coefficient (Wildman–Crippen LogP) is 1.30. The van der Waals surface area contributed by atoms with E-state index in [1.54, 1.807) is 0 Å². The maximum Gasteiger partial charge on any atom is 0.247 e. The fraction of sp³-hybridized carbons (Fsp3) is 0.429. The molecular weight excluding hydrogens is 322 g/mol. The summed E-state index contributed by atoms with van der Waals surface area (Å²) in [6.07, 6.45) is -0.659. The number of rotatable bonds is 1. The Balaban J connectivity index is 2.49. The van der Waals surface area contributed by atoms with Crippen molar-refractivity contribution in [2.24, 2.45) is 5.14 Å². The standard InChI is InChI=1S/C7H8BrNO3S3/c8-4-2-13-7-3(6(4)10)1-5(14-7)15(9,11)12/h1,4,6,10H,2H2,(H2,9,11,12). The number of hydrogen-bond acceptors (Lipinski definition) is 5. The lowest BCUT2D eigenvalue weighted by Crippen LogP contribution is -2.18. The summed E-state index contributed by atoms with van der Waals surface area (Å²) in [7, 11) is -3.66. The van der Waals surface area contributed by atoms with Gasteiger partial charge in [-0.15, -0.1) is 23.1 Å². The van der Waals surface area contributed by atoms with E-state index in [1.165, 1.54) is 17.8 Å². The number of thioether (sulfide) groups is 1. The highest BCUT2D eigenvalue weighted by Gasteiger charge is 2.30. The van der Waals surface area contributed by atoms with E-state index in [1.807, 2.05) is 0 Å². The number of aliphatic hydroxyl groups is 1. The minimum atomic E-state index is -3.66. The summed E-state index contributed by atoms with van der Waals surface area (Å²) in [6.45, 7) is 0. The molecule has 1 aliphatic rings. The summed E-state index contributed by atoms with van der Waals surface area (Å²) in [5.74, 6) is 0.721. The minimum absolute atomic E-state index is 0.0436. The Labute approximate surface area is 104 Å². The number of alkyl halides is 1. The first kappa shape index (κ1) is 11.9. The van der Waals surface area contributed by atoms with E-state index in [9.17, 15) is 13.5 Å². The third-order valence-electron chi connectivity index (χ3n) is 2.02. The van der Waals surface area contributed by atoms with Crippen molar-refractivity contribution in [3.05, 3.63) is 11.6 Å². The third-order valence-corrected chi connectivity index (χ3v) is 7.26. The van der Waals surface area contributed by atoms with Gasteiger partial charge in [-0.2, -0.15) is 0 Å². The Morgan fingerprint density at radius 3 is 2.87 bits per heavy atom. The third kappa shape index (κ3) is 2.25. The molecule has 1 aliphatic heterocycles. The number of halogens is 1. The first-order chi connectivity index (χ1) is 6.89. The first-order valence-corrected chi connectivity index (χ1v) is 8.27. The van der Waals surface area contributed by atoms with Crippen LogP contribution >= 0.6 is 39.0 Å². The van der Waals surface area contributed by atoms with Crippen LogP contribution in [0.15, 0.2) is 14.5 Å². The van der Waals surface area contributed by atoms with Crippen molar-refractivity contribution in [2.75, 3.05) is 5.75 Å². The summed E-state index contributed by atoms with van der Waals surface area (Å²) < 4.78 is 23.2. The van der Waals surface area contributed by atoms with E-state index >= 15 is 0 Å². The summed E-state index contributed by atoms with van der Waals surface area (Å²) in [5, 5.41) is 14.8. The van der Waals surface area contributed by atoms with Gasteiger partial charge in [-0.1, -0.05) is 15.9 Å². The number of sulfonamides is 1. The fourth-order valence-electron chi connectivity index (χ4n) is 1.27. The van der Waals surface area contributed by atoms with Gasteiger partial charge in [0.25, 0.3) is 0 Å². The van der Waals surface area contributed by atoms with Crippen molar-refractivity contribution in [2.45, 2.75) is 19.3 Å². The number of aliphatic hydroxyl groups excluding tert-OH is 1. The molecule has 1 aromatic rings. The van der Waals surface area contributed by atoms with Crippen LogP contribution in [0.2, 0.25) is 0 Å². The van der Waals surface area contributed by atoms with Gasteiger partial charge in [-0.05, 0) is 6.07 Å². The van der Waals surface area contributed by atoms with Crippen LogP contribution < -0.4 is 5.14 Å². The van der Waals surface area contributed by atoms with Crippen molar-refractivity contribution >= 4 is 49.1 Å². The average Bonchev–Trinajstić information content (AvgIpc) is 2.55. The number of fused-ring (bicyclic) bond motifs is 1. The maximum atomic E-state index is 11.1. The molecule has 0 aromatic carbocycles. The molecule has 15 heavy (non-hydrogen) atoms. The van der Waals surface area contributed by atoms with E-state index in [-0.39, 0.29) is 9.04 Å². The molecule has 0 saturated heterocycles. The Bertz CT molecular complexity index is 484. The molecule has 2 atom stereocenters. The van der Waals surface area contributed by atoms with Crippen LogP contribution in [0.3, 0.4) is 0 Å². The topological polar surface area (TPSA) is 80.4 Å². The molecule has 0 bridgehead atoms. The van der Waals surface area contributed by atoms with Crippen molar-refractivity contribution in [1.82, 2.24) is 0 Å². The Morgan fingerprint density at radius 2 is 2.27 bits per heavy atom. The van der Waals surface area contributed by atoms with E-state index < -0.39 is 16.1 Å². The van der Waals surface area contributed by atoms with Crippen molar-refractivity contribution < 1.29 is 13.5 Å². The fourth-order valence-corrected chi connectivity index (χ4v) is 5.33. The molecule has 2 rings (SSSR count). The predicted molar refractivity (Wildman–Crippen MR) is 64.1 cm³/mol. The van der Waals surface area contributed by atoms with Crippen LogP contribution in [0.4, 0.5) is 0 Å². The number of nitrogens with two attached hydrogens (primary N) is 1. The highest BCUT2D eigenvalue weighted by atomic mass is 79.9. The molecule has 0 spiro atoms. The molecular formula is C7H8BrNO3S3. The zero-order chi connectivity index (χ0) is 11.2. The zero-order valence-corrected chi connectivity index (χ0v) is 11.4. The minimum Gasteiger partial charge on any atom is -0.387 e. The second kappa shape index (κ2) is 4.01. The van der Waals surface area contributed by atoms with Gasteiger partial charge in [0.2, 0.25) is 10.0 Å². The SMILES string of the molecule is NS(=O)(=O)c1cc2c(s1)SCC(Br)C2O. The molecule has 1 aromatic heterocycles. The molecule has 0 fully saturated rings. The summed E-state index contributed by atoms with van der Waals surface area (Å²) in [4.78, 5) is -0.0436. The van der Waals surface area contributed by atoms with E-state index in [0.717, 1.165) is 21.3 Å². The van der Waals surface area contributed by atoms with Gasteiger partial charge in [0.05, 0.1) is 15.1 Å². The van der Waals surface area contributed by atoms with E-state index in [0.29, 0.717) is 5.56 Å². The summed E-state index contributed by atoms with van der Waals surface area (Å²) in [5.41, 5.74) is 0.655. The molecule has 4 nitrogen and oxygen atoms in total. The molecule has 8 heteroatoms. The van der Waals surface area contributed by atoms with Crippen LogP contribution in [0, 0.1) is 0 Å². The van der Waals surface area contributed by atoms with Gasteiger partial charge >= 0.3 is 0 Å². The second-order valence-electron chi connectivity index (χ2n) is 3.13. The monoisotopic (exact) mass is 329 g/mol. The van der Waals surface area contributed by atoms with Crippen molar-refractivity contribution in [3.8, 4) is 0 Å². The lowest BCUT2D eigenvalue weighted by Gasteiger charge is -2.22. The molecule has 84 valence electrons. The zero-order valence-electron chi connectivity index (χ0n) is 7.38. The summed E-state index contributed by atoms with van der Waals surface area (Å²) >= 11 is 5.98. The molecule has 0 saturated carbocycles. The highest BCUT2D eigenvalue weighted by molar-refractivity contribution is 9.09. The Hall–Kier alpha value is 0.400. The molecule has 0 amide bonds. The Morgan fingerprint density at radius 1 is 1.60 bits per heavy atom. The largest absolute Gasteiger partial charge is 0.387 e. The van der Waals surface area contributed by atoms with Crippen molar-refractivity contribution in [3.63, 3.8) is 0 Å². The number of thiophene rings is 1. The number of hydrogen-bond donors (Lipinski definition) is 2. The van der Waals surface area contributed by atoms with Gasteiger partial charge < -0.3 is 5.11 Å². The van der Waals surface area contributed by atoms with Crippen LogP contribution in [0.1, 0.15) is 11.7 Å². The van der Waals surface area contributed by atoms with Gasteiger partial charge in [-0.3, -0.25) is 0 Å². The van der Waals surface area contributed by atoms with E-state index in [4.69, 9.17) is 5.14 Å². The van der Waals surface area contributed by atoms with Gasteiger partial charge in [-0.25, -0.2) is 13.6 Å². The first-order valence-electron chi connectivity index (χ1n) is 4.01. The van der Waals surface area contributed by atoms with Crippen LogP contribution in [0.5, 0.6) is 0 Å². The highest BCUT2D eigenvalue weighted by Crippen LogP contribution is 2.44. The van der Waals surface area contributed by atoms with Gasteiger partial charge in [0, 0.05) is 11.3 Å². The molecule has 2 unspecified atom stereocenters. The molecule has 0 radical (unpaired) electrons. The molecule has 3 N–H and O–H groups in total.